The van der Waals surface area contributed by atoms with Crippen LogP contribution in [0.3, 0.4) is 0 Å². The maximum absolute atomic E-state index is 12.5. The van der Waals surface area contributed by atoms with Gasteiger partial charge in [-0.15, -0.1) is 21.5 Å². The van der Waals surface area contributed by atoms with Crippen molar-refractivity contribution in [3.8, 4) is 0 Å². The number of nitrogens with one attached hydrogen (secondary N) is 1. The van der Waals surface area contributed by atoms with Crippen LogP contribution in [-0.4, -0.2) is 43.8 Å². The second-order valence-corrected chi connectivity index (χ2v) is 6.55. The summed E-state index contributed by atoms with van der Waals surface area (Å²) in [6, 6.07) is -0.0748. The Morgan fingerprint density at radius 3 is 3.09 bits per heavy atom. The third-order valence-electron chi connectivity index (χ3n) is 4.19. The van der Waals surface area contributed by atoms with Gasteiger partial charge in [0, 0.05) is 30.9 Å². The van der Waals surface area contributed by atoms with E-state index in [0.29, 0.717) is 11.7 Å². The van der Waals surface area contributed by atoms with Gasteiger partial charge in [0.25, 0.3) is 0 Å². The van der Waals surface area contributed by atoms with Crippen molar-refractivity contribution in [3.05, 3.63) is 23.2 Å². The summed E-state index contributed by atoms with van der Waals surface area (Å²) in [6.45, 7) is 6.43. The van der Waals surface area contributed by atoms with E-state index in [2.05, 4.69) is 38.9 Å². The minimum Gasteiger partial charge on any atom is -0.324 e. The lowest BCUT2D eigenvalue weighted by Crippen LogP contribution is -2.42. The summed E-state index contributed by atoms with van der Waals surface area (Å²) in [6.07, 6.45) is 4.66. The summed E-state index contributed by atoms with van der Waals surface area (Å²) in [5, 5.41) is 13.8. The lowest BCUT2D eigenvalue weighted by molar-refractivity contribution is 0.190. The van der Waals surface area contributed by atoms with Gasteiger partial charge < -0.3 is 9.47 Å². The highest BCUT2D eigenvalue weighted by Crippen LogP contribution is 2.26. The van der Waals surface area contributed by atoms with Crippen LogP contribution in [0.5, 0.6) is 0 Å². The second kappa shape index (κ2) is 7.08. The number of nitrogens with zero attached hydrogens (tertiary/aromatic N) is 5. The molecule has 0 saturated carbocycles. The number of carbonyl (C=O) groups is 1. The highest BCUT2D eigenvalue weighted by molar-refractivity contribution is 7.13. The molecule has 0 spiro atoms. The summed E-state index contributed by atoms with van der Waals surface area (Å²) >= 11 is 1.47. The zero-order chi connectivity index (χ0) is 16.2. The lowest BCUT2D eigenvalue weighted by atomic mass is 9.97. The Hall–Kier alpha value is -1.96. The molecule has 0 radical (unpaired) electrons. The molecule has 3 rings (SSSR count). The molecule has 3 heterocycles. The Labute approximate surface area is 139 Å². The molecule has 0 aromatic carbocycles. The predicted molar refractivity (Wildman–Crippen MR) is 89.8 cm³/mol. The summed E-state index contributed by atoms with van der Waals surface area (Å²) < 4.78 is 2.06. The number of hydrogen-bond donors (Lipinski definition) is 1. The summed E-state index contributed by atoms with van der Waals surface area (Å²) in [4.78, 5) is 18.7. The number of hydrogen-bond acceptors (Lipinski definition) is 5. The standard InChI is InChI=1S/C15H22N6OS/c1-3-12-9-23-14(17-12)18-15(22)21-7-5-6-11(8-21)13-19-16-10-20(13)4-2/h9-11H,3-8H2,1-2H3,(H,17,18,22). The first-order valence-corrected chi connectivity index (χ1v) is 8.97. The number of rotatable bonds is 4. The minimum atomic E-state index is -0.0748. The number of thiazole rings is 1. The molecular formula is C15H22N6OS. The van der Waals surface area contributed by atoms with Gasteiger partial charge in [0.15, 0.2) is 5.13 Å². The SMILES string of the molecule is CCc1csc(NC(=O)N2CCCC(c3nncn3CC)C2)n1. The molecule has 1 aliphatic heterocycles. The molecule has 1 fully saturated rings. The zero-order valence-corrected chi connectivity index (χ0v) is 14.3. The van der Waals surface area contributed by atoms with Crippen LogP contribution in [0.4, 0.5) is 9.93 Å². The molecule has 2 aromatic heterocycles. The molecule has 7 nitrogen and oxygen atoms in total. The van der Waals surface area contributed by atoms with E-state index in [1.54, 1.807) is 6.33 Å². The largest absolute Gasteiger partial charge is 0.324 e. The van der Waals surface area contributed by atoms with Crippen LogP contribution in [0, 0.1) is 0 Å². The second-order valence-electron chi connectivity index (χ2n) is 5.69. The van der Waals surface area contributed by atoms with Crippen molar-refractivity contribution in [2.45, 2.75) is 45.6 Å². The average Bonchev–Trinajstić information content (AvgIpc) is 3.23. The molecule has 8 heteroatoms. The van der Waals surface area contributed by atoms with E-state index in [-0.39, 0.29) is 11.9 Å². The number of aromatic nitrogens is 4. The smallest absolute Gasteiger partial charge is 0.323 e. The number of amides is 2. The van der Waals surface area contributed by atoms with E-state index in [9.17, 15) is 4.79 Å². The topological polar surface area (TPSA) is 75.9 Å². The molecule has 124 valence electrons. The maximum atomic E-state index is 12.5. The monoisotopic (exact) mass is 334 g/mol. The number of anilines is 1. The van der Waals surface area contributed by atoms with E-state index in [1.807, 2.05) is 10.3 Å². The number of likely N-dealkylation sites (tertiary alicyclic amines) is 1. The quantitative estimate of drug-likeness (QED) is 0.933. The van der Waals surface area contributed by atoms with E-state index in [1.165, 1.54) is 11.3 Å². The van der Waals surface area contributed by atoms with Gasteiger partial charge >= 0.3 is 6.03 Å². The van der Waals surface area contributed by atoms with Crippen LogP contribution < -0.4 is 5.32 Å². The van der Waals surface area contributed by atoms with Crippen LogP contribution in [-0.2, 0) is 13.0 Å². The van der Waals surface area contributed by atoms with Gasteiger partial charge in [-0.25, -0.2) is 9.78 Å². The maximum Gasteiger partial charge on any atom is 0.323 e. The van der Waals surface area contributed by atoms with Gasteiger partial charge in [-0.1, -0.05) is 6.92 Å². The predicted octanol–water partition coefficient (Wildman–Crippen LogP) is 2.73. The fraction of sp³-hybridized carbons (Fsp3) is 0.600. The molecule has 1 atom stereocenters. The average molecular weight is 334 g/mol. The third-order valence-corrected chi connectivity index (χ3v) is 4.99. The summed E-state index contributed by atoms with van der Waals surface area (Å²) in [5.74, 6) is 1.23. The molecule has 1 unspecified atom stereocenters. The Kier molecular flexibility index (Phi) is 4.90. The number of carbonyl (C=O) groups excluding carboxylic acids is 1. The van der Waals surface area contributed by atoms with E-state index >= 15 is 0 Å². The molecule has 2 aromatic rings. The summed E-state index contributed by atoms with van der Waals surface area (Å²) in [7, 11) is 0. The van der Waals surface area contributed by atoms with Crippen molar-refractivity contribution in [1.29, 1.82) is 0 Å². The minimum absolute atomic E-state index is 0.0748. The van der Waals surface area contributed by atoms with Crippen molar-refractivity contribution in [2.24, 2.45) is 0 Å². The van der Waals surface area contributed by atoms with Gasteiger partial charge in [0.05, 0.1) is 5.69 Å². The fourth-order valence-corrected chi connectivity index (χ4v) is 3.68. The van der Waals surface area contributed by atoms with Crippen molar-refractivity contribution >= 4 is 22.5 Å². The summed E-state index contributed by atoms with van der Waals surface area (Å²) in [5.41, 5.74) is 1.01. The molecule has 1 aliphatic rings. The van der Waals surface area contributed by atoms with Crippen molar-refractivity contribution in [1.82, 2.24) is 24.6 Å². The number of urea groups is 1. The highest BCUT2D eigenvalue weighted by atomic mass is 32.1. The normalized spacial score (nSPS) is 18.2. The van der Waals surface area contributed by atoms with E-state index in [0.717, 1.165) is 43.9 Å². The van der Waals surface area contributed by atoms with Crippen LogP contribution in [0.25, 0.3) is 0 Å². The van der Waals surface area contributed by atoms with Gasteiger partial charge in [-0.05, 0) is 26.2 Å². The number of aryl methyl sites for hydroxylation is 2. The Balaban J connectivity index is 1.64. The Morgan fingerprint density at radius 1 is 1.48 bits per heavy atom. The molecule has 1 saturated heterocycles. The molecule has 23 heavy (non-hydrogen) atoms. The van der Waals surface area contributed by atoms with Crippen LogP contribution in [0.1, 0.15) is 44.1 Å². The fourth-order valence-electron chi connectivity index (χ4n) is 2.89. The van der Waals surface area contributed by atoms with Gasteiger partial charge in [0.1, 0.15) is 12.2 Å². The molecule has 2 amide bonds. The van der Waals surface area contributed by atoms with Crippen LogP contribution in [0.15, 0.2) is 11.7 Å². The first-order valence-electron chi connectivity index (χ1n) is 8.09. The van der Waals surface area contributed by atoms with Gasteiger partial charge in [-0.2, -0.15) is 0 Å². The third kappa shape index (κ3) is 3.52. The van der Waals surface area contributed by atoms with Crippen molar-refractivity contribution in [2.75, 3.05) is 18.4 Å². The molecular weight excluding hydrogens is 312 g/mol. The molecule has 0 bridgehead atoms. The zero-order valence-electron chi connectivity index (χ0n) is 13.5. The molecule has 0 aliphatic carbocycles. The van der Waals surface area contributed by atoms with Crippen molar-refractivity contribution < 1.29 is 4.79 Å². The van der Waals surface area contributed by atoms with E-state index in [4.69, 9.17) is 0 Å². The Bertz CT molecular complexity index is 666. The molecule has 1 N–H and O–H groups in total. The van der Waals surface area contributed by atoms with Crippen molar-refractivity contribution in [3.63, 3.8) is 0 Å². The lowest BCUT2D eigenvalue weighted by Gasteiger charge is -2.32. The number of piperidine rings is 1. The first-order chi connectivity index (χ1) is 11.2. The van der Waals surface area contributed by atoms with Gasteiger partial charge in [0.2, 0.25) is 0 Å². The van der Waals surface area contributed by atoms with E-state index < -0.39 is 0 Å². The van der Waals surface area contributed by atoms with Crippen LogP contribution >= 0.6 is 11.3 Å². The Morgan fingerprint density at radius 2 is 2.35 bits per heavy atom. The van der Waals surface area contributed by atoms with Gasteiger partial charge in [-0.3, -0.25) is 5.32 Å². The first kappa shape index (κ1) is 15.9. The van der Waals surface area contributed by atoms with Crippen LogP contribution in [0.2, 0.25) is 0 Å². The highest BCUT2D eigenvalue weighted by Gasteiger charge is 2.28.